The number of oxazole rings is 1. The summed E-state index contributed by atoms with van der Waals surface area (Å²) in [4.78, 5) is 15.6. The minimum absolute atomic E-state index is 0.123. The Morgan fingerprint density at radius 2 is 2.05 bits per heavy atom. The molecule has 0 fully saturated rings. The maximum Gasteiger partial charge on any atom is 0.336 e. The normalized spacial score (nSPS) is 10.7. The molecule has 0 amide bonds. The average molecular weight is 269 g/mol. The van der Waals surface area contributed by atoms with Crippen molar-refractivity contribution in [3.8, 4) is 17.2 Å². The summed E-state index contributed by atoms with van der Waals surface area (Å²) >= 11 is 0. The van der Waals surface area contributed by atoms with Gasteiger partial charge in [0.15, 0.2) is 5.58 Å². The second kappa shape index (κ2) is 4.70. The van der Waals surface area contributed by atoms with E-state index in [4.69, 9.17) is 9.15 Å². The number of carbonyl (C=O) groups is 1. The van der Waals surface area contributed by atoms with Gasteiger partial charge in [0.1, 0.15) is 11.3 Å². The molecule has 0 saturated carbocycles. The summed E-state index contributed by atoms with van der Waals surface area (Å²) in [5.74, 6) is -0.223. The van der Waals surface area contributed by atoms with Crippen molar-refractivity contribution in [1.82, 2.24) is 4.98 Å². The quantitative estimate of drug-likeness (QED) is 0.790. The second-order valence-corrected chi connectivity index (χ2v) is 4.20. The van der Waals surface area contributed by atoms with Crippen LogP contribution in [0, 0.1) is 0 Å². The number of hydrogen-bond donors (Lipinski definition) is 1. The van der Waals surface area contributed by atoms with E-state index in [1.54, 1.807) is 18.2 Å². The number of aromatic carboxylic acids is 1. The van der Waals surface area contributed by atoms with Crippen LogP contribution in [0.15, 0.2) is 46.9 Å². The van der Waals surface area contributed by atoms with Gasteiger partial charge in [-0.2, -0.15) is 0 Å². The van der Waals surface area contributed by atoms with Gasteiger partial charge in [-0.3, -0.25) is 0 Å². The Labute approximate surface area is 114 Å². The lowest BCUT2D eigenvalue weighted by atomic mass is 10.1. The van der Waals surface area contributed by atoms with E-state index in [2.05, 4.69) is 4.98 Å². The van der Waals surface area contributed by atoms with Crippen LogP contribution in [0.5, 0.6) is 5.75 Å². The van der Waals surface area contributed by atoms with Gasteiger partial charge in [-0.1, -0.05) is 12.1 Å². The summed E-state index contributed by atoms with van der Waals surface area (Å²) in [5, 5.41) is 9.26. The maximum absolute atomic E-state index is 11.3. The number of carboxylic acids is 1. The fourth-order valence-electron chi connectivity index (χ4n) is 2.00. The van der Waals surface area contributed by atoms with E-state index in [1.807, 2.05) is 18.2 Å². The van der Waals surface area contributed by atoms with Crippen LogP contribution < -0.4 is 4.74 Å². The Kier molecular flexibility index (Phi) is 2.87. The van der Waals surface area contributed by atoms with Gasteiger partial charge in [0.2, 0.25) is 5.89 Å². The fourth-order valence-corrected chi connectivity index (χ4v) is 2.00. The van der Waals surface area contributed by atoms with Crippen molar-refractivity contribution in [3.63, 3.8) is 0 Å². The van der Waals surface area contributed by atoms with Gasteiger partial charge < -0.3 is 14.3 Å². The summed E-state index contributed by atoms with van der Waals surface area (Å²) in [7, 11) is 1.52. The molecule has 1 heterocycles. The lowest BCUT2D eigenvalue weighted by molar-refractivity contribution is 0.0697. The van der Waals surface area contributed by atoms with Gasteiger partial charge in [-0.05, 0) is 30.3 Å². The van der Waals surface area contributed by atoms with Gasteiger partial charge >= 0.3 is 5.97 Å². The number of ether oxygens (including phenoxy) is 1. The van der Waals surface area contributed by atoms with E-state index in [0.717, 1.165) is 0 Å². The number of nitrogens with zero attached hydrogens (tertiary/aromatic N) is 1. The highest BCUT2D eigenvalue weighted by Crippen LogP contribution is 2.30. The smallest absolute Gasteiger partial charge is 0.336 e. The van der Waals surface area contributed by atoms with E-state index in [0.29, 0.717) is 22.4 Å². The Balaban J connectivity index is 2.23. The molecule has 100 valence electrons. The molecule has 0 aliphatic rings. The predicted octanol–water partition coefficient (Wildman–Crippen LogP) is 3.20. The zero-order valence-electron chi connectivity index (χ0n) is 10.7. The number of benzene rings is 2. The first kappa shape index (κ1) is 12.2. The topological polar surface area (TPSA) is 72.6 Å². The second-order valence-electron chi connectivity index (χ2n) is 4.20. The van der Waals surface area contributed by atoms with E-state index in [-0.39, 0.29) is 11.5 Å². The molecule has 0 saturated heterocycles. The molecule has 0 bridgehead atoms. The van der Waals surface area contributed by atoms with Gasteiger partial charge in [0, 0.05) is 0 Å². The molecule has 3 aromatic rings. The number of hydrogen-bond acceptors (Lipinski definition) is 4. The standard InChI is InChI=1S/C15H11NO4/c1-19-9-6-7-10(15(17)18)11(8-9)14-16-12-4-2-3-5-13(12)20-14/h2-8H,1H3,(H,17,18). The molecule has 2 aromatic carbocycles. The van der Waals surface area contributed by atoms with Crippen molar-refractivity contribution < 1.29 is 19.1 Å². The van der Waals surface area contributed by atoms with E-state index in [9.17, 15) is 9.90 Å². The molecule has 5 nitrogen and oxygen atoms in total. The maximum atomic E-state index is 11.3. The van der Waals surface area contributed by atoms with Crippen molar-refractivity contribution in [2.24, 2.45) is 0 Å². The molecule has 5 heteroatoms. The molecule has 0 unspecified atom stereocenters. The molecule has 20 heavy (non-hydrogen) atoms. The number of fused-ring (bicyclic) bond motifs is 1. The lowest BCUT2D eigenvalue weighted by Crippen LogP contribution is -2.00. The van der Waals surface area contributed by atoms with Gasteiger partial charge in [0.25, 0.3) is 0 Å². The molecule has 0 atom stereocenters. The van der Waals surface area contributed by atoms with Crippen LogP contribution in [0.1, 0.15) is 10.4 Å². The highest BCUT2D eigenvalue weighted by atomic mass is 16.5. The van der Waals surface area contributed by atoms with E-state index >= 15 is 0 Å². The fraction of sp³-hybridized carbons (Fsp3) is 0.0667. The molecular formula is C15H11NO4. The number of aromatic nitrogens is 1. The van der Waals surface area contributed by atoms with Crippen LogP contribution in [0.25, 0.3) is 22.6 Å². The molecule has 0 radical (unpaired) electrons. The molecule has 0 spiro atoms. The van der Waals surface area contributed by atoms with Crippen molar-refractivity contribution >= 4 is 17.1 Å². The van der Waals surface area contributed by atoms with Crippen molar-refractivity contribution in [1.29, 1.82) is 0 Å². The Morgan fingerprint density at radius 1 is 1.25 bits per heavy atom. The van der Waals surface area contributed by atoms with Crippen LogP contribution in [0.3, 0.4) is 0 Å². The summed E-state index contributed by atoms with van der Waals surface area (Å²) in [6.45, 7) is 0. The summed E-state index contributed by atoms with van der Waals surface area (Å²) in [5.41, 5.74) is 1.81. The minimum Gasteiger partial charge on any atom is -0.497 e. The van der Waals surface area contributed by atoms with Gasteiger partial charge in [-0.25, -0.2) is 9.78 Å². The zero-order chi connectivity index (χ0) is 14.1. The van der Waals surface area contributed by atoms with Crippen LogP contribution in [-0.2, 0) is 0 Å². The Hall–Kier alpha value is -2.82. The van der Waals surface area contributed by atoms with Crippen LogP contribution in [-0.4, -0.2) is 23.2 Å². The third kappa shape index (κ3) is 1.99. The van der Waals surface area contributed by atoms with Crippen molar-refractivity contribution in [3.05, 3.63) is 48.0 Å². The van der Waals surface area contributed by atoms with Crippen LogP contribution in [0.4, 0.5) is 0 Å². The highest BCUT2D eigenvalue weighted by Gasteiger charge is 2.17. The first-order valence-electron chi connectivity index (χ1n) is 5.96. The Morgan fingerprint density at radius 3 is 2.75 bits per heavy atom. The monoisotopic (exact) mass is 269 g/mol. The molecule has 0 aliphatic heterocycles. The average Bonchev–Trinajstić information content (AvgIpc) is 2.90. The largest absolute Gasteiger partial charge is 0.497 e. The zero-order valence-corrected chi connectivity index (χ0v) is 10.7. The first-order chi connectivity index (χ1) is 9.69. The lowest BCUT2D eigenvalue weighted by Gasteiger charge is -2.05. The first-order valence-corrected chi connectivity index (χ1v) is 5.96. The third-order valence-corrected chi connectivity index (χ3v) is 2.98. The molecular weight excluding hydrogens is 258 g/mol. The van der Waals surface area contributed by atoms with Gasteiger partial charge in [0.05, 0.1) is 18.2 Å². The van der Waals surface area contributed by atoms with E-state index in [1.165, 1.54) is 13.2 Å². The number of rotatable bonds is 3. The van der Waals surface area contributed by atoms with Gasteiger partial charge in [-0.15, -0.1) is 0 Å². The van der Waals surface area contributed by atoms with E-state index < -0.39 is 5.97 Å². The molecule has 1 aromatic heterocycles. The predicted molar refractivity (Wildman–Crippen MR) is 73.0 cm³/mol. The third-order valence-electron chi connectivity index (χ3n) is 2.98. The summed E-state index contributed by atoms with van der Waals surface area (Å²) < 4.78 is 10.7. The number of carboxylic acid groups (broad SMARTS) is 1. The molecule has 3 rings (SSSR count). The van der Waals surface area contributed by atoms with Crippen LogP contribution >= 0.6 is 0 Å². The minimum atomic E-state index is -1.04. The molecule has 1 N–H and O–H groups in total. The number of para-hydroxylation sites is 2. The molecule has 0 aliphatic carbocycles. The SMILES string of the molecule is COc1ccc(C(=O)O)c(-c2nc3ccccc3o2)c1. The summed E-state index contributed by atoms with van der Waals surface area (Å²) in [6, 6.07) is 11.9. The summed E-state index contributed by atoms with van der Waals surface area (Å²) in [6.07, 6.45) is 0. The number of methoxy groups -OCH3 is 1. The Bertz CT molecular complexity index is 758. The van der Waals surface area contributed by atoms with Crippen molar-refractivity contribution in [2.75, 3.05) is 7.11 Å². The van der Waals surface area contributed by atoms with Crippen LogP contribution in [0.2, 0.25) is 0 Å². The van der Waals surface area contributed by atoms with Crippen molar-refractivity contribution in [2.45, 2.75) is 0 Å². The highest BCUT2D eigenvalue weighted by molar-refractivity contribution is 5.95.